The van der Waals surface area contributed by atoms with Gasteiger partial charge in [0, 0.05) is 11.6 Å². The van der Waals surface area contributed by atoms with E-state index in [0.717, 1.165) is 18.2 Å². The SMILES string of the molecule is CCCCCN1CSCC1C(N)=O. The third-order valence-corrected chi connectivity index (χ3v) is 3.42. The van der Waals surface area contributed by atoms with Crippen LogP contribution in [0.4, 0.5) is 0 Å². The van der Waals surface area contributed by atoms with E-state index in [-0.39, 0.29) is 11.9 Å². The molecule has 1 heterocycles. The van der Waals surface area contributed by atoms with E-state index in [1.807, 2.05) is 0 Å². The van der Waals surface area contributed by atoms with Gasteiger partial charge in [-0.1, -0.05) is 19.8 Å². The molecule has 0 spiro atoms. The lowest BCUT2D eigenvalue weighted by Gasteiger charge is -2.20. The molecule has 76 valence electrons. The van der Waals surface area contributed by atoms with E-state index in [1.165, 1.54) is 19.3 Å². The molecule has 0 aromatic rings. The second-order valence-corrected chi connectivity index (χ2v) is 4.44. The number of thioether (sulfide) groups is 1. The zero-order chi connectivity index (χ0) is 9.68. The fourth-order valence-electron chi connectivity index (χ4n) is 1.52. The summed E-state index contributed by atoms with van der Waals surface area (Å²) in [6.07, 6.45) is 3.65. The molecule has 1 fully saturated rings. The minimum Gasteiger partial charge on any atom is -0.368 e. The van der Waals surface area contributed by atoms with Crippen molar-refractivity contribution in [1.82, 2.24) is 4.90 Å². The maximum Gasteiger partial charge on any atom is 0.235 e. The van der Waals surface area contributed by atoms with Gasteiger partial charge in [-0.15, -0.1) is 11.8 Å². The van der Waals surface area contributed by atoms with Gasteiger partial charge < -0.3 is 5.73 Å². The van der Waals surface area contributed by atoms with Crippen LogP contribution in [-0.2, 0) is 4.79 Å². The number of hydrogen-bond acceptors (Lipinski definition) is 3. The number of primary amides is 1. The highest BCUT2D eigenvalue weighted by molar-refractivity contribution is 7.99. The molecular weight excluding hydrogens is 184 g/mol. The third kappa shape index (κ3) is 3.19. The molecule has 1 aliphatic heterocycles. The van der Waals surface area contributed by atoms with Gasteiger partial charge in [0.05, 0.1) is 6.04 Å². The second kappa shape index (κ2) is 5.50. The number of hydrogen-bond donors (Lipinski definition) is 1. The smallest absolute Gasteiger partial charge is 0.235 e. The minimum atomic E-state index is -0.165. The maximum atomic E-state index is 11.0. The summed E-state index contributed by atoms with van der Waals surface area (Å²) in [4.78, 5) is 13.2. The molecule has 0 aromatic carbocycles. The molecule has 2 N–H and O–H groups in total. The van der Waals surface area contributed by atoms with Gasteiger partial charge in [0.15, 0.2) is 0 Å². The van der Waals surface area contributed by atoms with Crippen LogP contribution in [0.5, 0.6) is 0 Å². The first-order valence-electron chi connectivity index (χ1n) is 4.86. The first kappa shape index (κ1) is 10.9. The predicted molar refractivity (Wildman–Crippen MR) is 56.5 cm³/mol. The van der Waals surface area contributed by atoms with Gasteiger partial charge in [-0.2, -0.15) is 0 Å². The van der Waals surface area contributed by atoms with Gasteiger partial charge in [-0.3, -0.25) is 9.69 Å². The van der Waals surface area contributed by atoms with E-state index in [0.29, 0.717) is 0 Å². The summed E-state index contributed by atoms with van der Waals surface area (Å²) in [7, 11) is 0. The lowest BCUT2D eigenvalue weighted by atomic mass is 10.2. The Hall–Kier alpha value is -0.220. The Morgan fingerprint density at radius 3 is 3.00 bits per heavy atom. The van der Waals surface area contributed by atoms with Gasteiger partial charge >= 0.3 is 0 Å². The summed E-state index contributed by atoms with van der Waals surface area (Å²) in [5.74, 6) is 1.68. The summed E-state index contributed by atoms with van der Waals surface area (Å²) in [6, 6.07) is -0.0122. The molecule has 3 nitrogen and oxygen atoms in total. The fraction of sp³-hybridized carbons (Fsp3) is 0.889. The Bertz CT molecular complexity index is 175. The van der Waals surface area contributed by atoms with Crippen LogP contribution in [0.25, 0.3) is 0 Å². The number of amides is 1. The quantitative estimate of drug-likeness (QED) is 0.677. The van der Waals surface area contributed by atoms with Gasteiger partial charge in [0.1, 0.15) is 0 Å². The largest absolute Gasteiger partial charge is 0.368 e. The summed E-state index contributed by atoms with van der Waals surface area (Å²) >= 11 is 1.80. The zero-order valence-electron chi connectivity index (χ0n) is 8.16. The van der Waals surface area contributed by atoms with Crippen molar-refractivity contribution in [2.45, 2.75) is 32.2 Å². The topological polar surface area (TPSA) is 46.3 Å². The van der Waals surface area contributed by atoms with E-state index in [1.54, 1.807) is 11.8 Å². The molecule has 0 aliphatic carbocycles. The first-order chi connectivity index (χ1) is 6.25. The van der Waals surface area contributed by atoms with Gasteiger partial charge in [-0.25, -0.2) is 0 Å². The van der Waals surface area contributed by atoms with Crippen LogP contribution >= 0.6 is 11.8 Å². The molecule has 0 aromatic heterocycles. The van der Waals surface area contributed by atoms with Gasteiger partial charge in [0.2, 0.25) is 5.91 Å². The van der Waals surface area contributed by atoms with Crippen LogP contribution < -0.4 is 5.73 Å². The van der Waals surface area contributed by atoms with Crippen LogP contribution in [0.1, 0.15) is 26.2 Å². The van der Waals surface area contributed by atoms with E-state index >= 15 is 0 Å². The van der Waals surface area contributed by atoms with Crippen molar-refractivity contribution >= 4 is 17.7 Å². The highest BCUT2D eigenvalue weighted by Crippen LogP contribution is 2.20. The van der Waals surface area contributed by atoms with Crippen molar-refractivity contribution in [3.05, 3.63) is 0 Å². The van der Waals surface area contributed by atoms with Gasteiger partial charge in [0.25, 0.3) is 0 Å². The molecule has 1 aliphatic rings. The Kier molecular flexibility index (Phi) is 4.59. The Balaban J connectivity index is 2.27. The molecule has 0 saturated carbocycles. The molecular formula is C9H18N2OS. The summed E-state index contributed by atoms with van der Waals surface area (Å²) in [5, 5.41) is 0. The number of nitrogens with zero attached hydrogens (tertiary/aromatic N) is 1. The Labute approximate surface area is 84.0 Å². The van der Waals surface area contributed by atoms with Crippen molar-refractivity contribution in [3.8, 4) is 0 Å². The normalized spacial score (nSPS) is 23.6. The van der Waals surface area contributed by atoms with E-state index in [4.69, 9.17) is 5.73 Å². The Morgan fingerprint density at radius 1 is 1.62 bits per heavy atom. The lowest BCUT2D eigenvalue weighted by molar-refractivity contribution is -0.121. The number of rotatable bonds is 5. The Morgan fingerprint density at radius 2 is 2.38 bits per heavy atom. The van der Waals surface area contributed by atoms with E-state index < -0.39 is 0 Å². The summed E-state index contributed by atoms with van der Waals surface area (Å²) in [5.41, 5.74) is 5.30. The molecule has 1 rings (SSSR count). The molecule has 1 saturated heterocycles. The minimum absolute atomic E-state index is 0.0122. The van der Waals surface area contributed by atoms with Crippen LogP contribution in [0.15, 0.2) is 0 Å². The van der Waals surface area contributed by atoms with Crippen LogP contribution in [0.2, 0.25) is 0 Å². The molecule has 0 radical (unpaired) electrons. The number of nitrogens with two attached hydrogens (primary N) is 1. The molecule has 1 unspecified atom stereocenters. The van der Waals surface area contributed by atoms with E-state index in [9.17, 15) is 4.79 Å². The van der Waals surface area contributed by atoms with E-state index in [2.05, 4.69) is 11.8 Å². The molecule has 0 bridgehead atoms. The predicted octanol–water partition coefficient (Wildman–Crippen LogP) is 1.04. The zero-order valence-corrected chi connectivity index (χ0v) is 8.98. The van der Waals surface area contributed by atoms with Crippen molar-refractivity contribution in [3.63, 3.8) is 0 Å². The maximum absolute atomic E-state index is 11.0. The van der Waals surface area contributed by atoms with Crippen molar-refractivity contribution in [2.75, 3.05) is 18.2 Å². The number of carbonyl (C=O) groups excluding carboxylic acids is 1. The molecule has 4 heteroatoms. The lowest BCUT2D eigenvalue weighted by Crippen LogP contribution is -2.42. The first-order valence-corrected chi connectivity index (χ1v) is 6.02. The third-order valence-electron chi connectivity index (χ3n) is 2.35. The standard InChI is InChI=1S/C9H18N2OS/c1-2-3-4-5-11-7-13-6-8(11)9(10)12/h8H,2-7H2,1H3,(H2,10,12). The summed E-state index contributed by atoms with van der Waals surface area (Å²) < 4.78 is 0. The van der Waals surface area contributed by atoms with Crippen LogP contribution in [0.3, 0.4) is 0 Å². The van der Waals surface area contributed by atoms with Crippen molar-refractivity contribution < 1.29 is 4.79 Å². The average molecular weight is 202 g/mol. The number of carbonyl (C=O) groups is 1. The van der Waals surface area contributed by atoms with Crippen LogP contribution in [0, 0.1) is 0 Å². The van der Waals surface area contributed by atoms with Crippen molar-refractivity contribution in [1.29, 1.82) is 0 Å². The summed E-state index contributed by atoms with van der Waals surface area (Å²) in [6.45, 7) is 3.21. The highest BCUT2D eigenvalue weighted by atomic mass is 32.2. The number of unbranched alkanes of at least 4 members (excludes halogenated alkanes) is 2. The molecule has 13 heavy (non-hydrogen) atoms. The van der Waals surface area contributed by atoms with Crippen LogP contribution in [-0.4, -0.2) is 35.0 Å². The molecule has 1 atom stereocenters. The van der Waals surface area contributed by atoms with Gasteiger partial charge in [-0.05, 0) is 13.0 Å². The molecule has 1 amide bonds. The highest BCUT2D eigenvalue weighted by Gasteiger charge is 2.28. The monoisotopic (exact) mass is 202 g/mol. The second-order valence-electron chi connectivity index (χ2n) is 3.44. The fourth-order valence-corrected chi connectivity index (χ4v) is 2.77. The van der Waals surface area contributed by atoms with Crippen molar-refractivity contribution in [2.24, 2.45) is 5.73 Å². The average Bonchev–Trinajstić information content (AvgIpc) is 2.53.